The zero-order valence-corrected chi connectivity index (χ0v) is 17.5. The van der Waals surface area contributed by atoms with E-state index in [1.807, 2.05) is 30.3 Å². The van der Waals surface area contributed by atoms with Gasteiger partial charge in [0.2, 0.25) is 5.91 Å². The number of hydrogen-bond donors (Lipinski definition) is 2. The van der Waals surface area contributed by atoms with E-state index in [0.29, 0.717) is 23.1 Å². The van der Waals surface area contributed by atoms with Gasteiger partial charge in [0, 0.05) is 11.1 Å². The van der Waals surface area contributed by atoms with E-state index in [4.69, 9.17) is 11.6 Å². The molecule has 1 aromatic heterocycles. The lowest BCUT2D eigenvalue weighted by molar-refractivity contribution is -0.117. The Morgan fingerprint density at radius 3 is 2.55 bits per heavy atom. The average molecular weight is 412 g/mol. The van der Waals surface area contributed by atoms with Crippen LogP contribution in [0.2, 0.25) is 5.02 Å². The van der Waals surface area contributed by atoms with Crippen LogP contribution in [-0.4, -0.2) is 40.4 Å². The molecule has 6 nitrogen and oxygen atoms in total. The van der Waals surface area contributed by atoms with Crippen molar-refractivity contribution in [2.24, 2.45) is 0 Å². The molecule has 29 heavy (non-hydrogen) atoms. The van der Waals surface area contributed by atoms with Gasteiger partial charge in [-0.3, -0.25) is 9.69 Å². The summed E-state index contributed by atoms with van der Waals surface area (Å²) < 4.78 is 0. The number of nitrogens with one attached hydrogen (secondary N) is 2. The van der Waals surface area contributed by atoms with E-state index in [2.05, 4.69) is 39.3 Å². The van der Waals surface area contributed by atoms with E-state index in [1.54, 1.807) is 12.1 Å². The summed E-state index contributed by atoms with van der Waals surface area (Å²) in [7, 11) is 0. The number of halogens is 1. The number of amides is 1. The summed E-state index contributed by atoms with van der Waals surface area (Å²) in [5.74, 6) is 0.648. The molecule has 0 aliphatic heterocycles. The predicted octanol–water partition coefficient (Wildman–Crippen LogP) is 5.09. The van der Waals surface area contributed by atoms with Crippen LogP contribution < -0.4 is 10.6 Å². The van der Waals surface area contributed by atoms with Gasteiger partial charge in [0.05, 0.1) is 22.8 Å². The Labute approximate surface area is 176 Å². The molecule has 0 saturated carbocycles. The summed E-state index contributed by atoms with van der Waals surface area (Å²) in [6.45, 7) is 6.41. The van der Waals surface area contributed by atoms with Crippen LogP contribution in [0.3, 0.4) is 0 Å². The molecule has 3 rings (SSSR count). The van der Waals surface area contributed by atoms with E-state index >= 15 is 0 Å². The topological polar surface area (TPSA) is 70.2 Å². The molecule has 0 radical (unpaired) electrons. The minimum atomic E-state index is -0.0590. The Hall–Kier alpha value is -2.70. The molecule has 1 amide bonds. The van der Waals surface area contributed by atoms with Crippen LogP contribution in [0.5, 0.6) is 0 Å². The SMILES string of the molecule is CCCN(CCC)CC(=O)Nc1ccc(Nc2ncnc3ccccc23)cc1Cl. The zero-order valence-electron chi connectivity index (χ0n) is 16.8. The molecule has 152 valence electrons. The molecule has 0 fully saturated rings. The van der Waals surface area contributed by atoms with Crippen LogP contribution in [0, 0.1) is 0 Å². The third-order valence-electron chi connectivity index (χ3n) is 4.50. The minimum absolute atomic E-state index is 0.0590. The zero-order chi connectivity index (χ0) is 20.6. The second-order valence-electron chi connectivity index (χ2n) is 6.88. The Balaban J connectivity index is 1.69. The number of rotatable bonds is 9. The maximum absolute atomic E-state index is 12.4. The van der Waals surface area contributed by atoms with Crippen molar-refractivity contribution in [1.82, 2.24) is 14.9 Å². The fourth-order valence-electron chi connectivity index (χ4n) is 3.23. The molecule has 0 atom stereocenters. The number of fused-ring (bicyclic) bond motifs is 1. The highest BCUT2D eigenvalue weighted by molar-refractivity contribution is 6.34. The number of para-hydroxylation sites is 1. The third kappa shape index (κ3) is 5.65. The van der Waals surface area contributed by atoms with Gasteiger partial charge < -0.3 is 10.6 Å². The van der Waals surface area contributed by atoms with Crippen LogP contribution in [-0.2, 0) is 4.79 Å². The van der Waals surface area contributed by atoms with Gasteiger partial charge in [-0.2, -0.15) is 0 Å². The molecule has 7 heteroatoms. The summed E-state index contributed by atoms with van der Waals surface area (Å²) >= 11 is 6.42. The van der Waals surface area contributed by atoms with Crippen molar-refractivity contribution in [3.63, 3.8) is 0 Å². The normalized spacial score (nSPS) is 11.0. The van der Waals surface area contributed by atoms with Crippen molar-refractivity contribution in [1.29, 1.82) is 0 Å². The summed E-state index contributed by atoms with van der Waals surface area (Å²) in [6, 6.07) is 13.2. The Morgan fingerprint density at radius 2 is 1.83 bits per heavy atom. The lowest BCUT2D eigenvalue weighted by Crippen LogP contribution is -2.34. The number of carbonyl (C=O) groups excluding carboxylic acids is 1. The number of carbonyl (C=O) groups is 1. The summed E-state index contributed by atoms with van der Waals surface area (Å²) in [6.07, 6.45) is 3.57. The molecular weight excluding hydrogens is 386 g/mol. The van der Waals surface area contributed by atoms with Crippen LogP contribution in [0.25, 0.3) is 10.9 Å². The summed E-state index contributed by atoms with van der Waals surface area (Å²) in [5, 5.41) is 7.59. The van der Waals surface area contributed by atoms with E-state index in [9.17, 15) is 4.79 Å². The molecule has 2 N–H and O–H groups in total. The van der Waals surface area contributed by atoms with Crippen molar-refractivity contribution in [2.75, 3.05) is 30.3 Å². The molecule has 0 spiro atoms. The number of benzene rings is 2. The van der Waals surface area contributed by atoms with E-state index in [0.717, 1.165) is 42.5 Å². The van der Waals surface area contributed by atoms with Crippen molar-refractivity contribution < 1.29 is 4.79 Å². The van der Waals surface area contributed by atoms with Gasteiger partial charge in [-0.1, -0.05) is 37.6 Å². The molecule has 0 unspecified atom stereocenters. The highest BCUT2D eigenvalue weighted by atomic mass is 35.5. The molecule has 0 saturated heterocycles. The lowest BCUT2D eigenvalue weighted by Gasteiger charge is -2.20. The maximum atomic E-state index is 12.4. The molecular formula is C22H26ClN5O. The van der Waals surface area contributed by atoms with Gasteiger partial charge in [-0.15, -0.1) is 0 Å². The smallest absolute Gasteiger partial charge is 0.238 e. The monoisotopic (exact) mass is 411 g/mol. The largest absolute Gasteiger partial charge is 0.340 e. The average Bonchev–Trinajstić information content (AvgIpc) is 2.71. The second-order valence-corrected chi connectivity index (χ2v) is 7.29. The standard InChI is InChI=1S/C22H26ClN5O/c1-3-11-28(12-4-2)14-21(29)27-20-10-9-16(13-18(20)23)26-22-17-7-5-6-8-19(17)24-15-25-22/h5-10,13,15H,3-4,11-12,14H2,1-2H3,(H,27,29)(H,24,25,26). The van der Waals surface area contributed by atoms with Crippen LogP contribution >= 0.6 is 11.6 Å². The van der Waals surface area contributed by atoms with Crippen molar-refractivity contribution in [3.05, 3.63) is 53.8 Å². The fourth-order valence-corrected chi connectivity index (χ4v) is 3.46. The number of nitrogens with zero attached hydrogens (tertiary/aromatic N) is 3. The Kier molecular flexibility index (Phi) is 7.38. The van der Waals surface area contributed by atoms with Gasteiger partial charge >= 0.3 is 0 Å². The number of anilines is 3. The first-order valence-electron chi connectivity index (χ1n) is 9.89. The number of aromatic nitrogens is 2. The molecule has 3 aromatic rings. The van der Waals surface area contributed by atoms with E-state index in [-0.39, 0.29) is 5.91 Å². The maximum Gasteiger partial charge on any atom is 0.238 e. The lowest BCUT2D eigenvalue weighted by atomic mass is 10.2. The highest BCUT2D eigenvalue weighted by Gasteiger charge is 2.12. The van der Waals surface area contributed by atoms with Gasteiger partial charge in [0.25, 0.3) is 0 Å². The first-order chi connectivity index (χ1) is 14.1. The Bertz CT molecular complexity index is 967. The van der Waals surface area contributed by atoms with Crippen LogP contribution in [0.4, 0.5) is 17.2 Å². The first kappa shape index (κ1) is 21.0. The molecule has 0 bridgehead atoms. The predicted molar refractivity (Wildman–Crippen MR) is 120 cm³/mol. The van der Waals surface area contributed by atoms with Gasteiger partial charge in [-0.05, 0) is 56.3 Å². The second kappa shape index (κ2) is 10.2. The Morgan fingerprint density at radius 1 is 1.07 bits per heavy atom. The highest BCUT2D eigenvalue weighted by Crippen LogP contribution is 2.28. The van der Waals surface area contributed by atoms with E-state index < -0.39 is 0 Å². The van der Waals surface area contributed by atoms with Crippen LogP contribution in [0.15, 0.2) is 48.8 Å². The summed E-state index contributed by atoms with van der Waals surface area (Å²) in [4.78, 5) is 23.2. The quantitative estimate of drug-likeness (QED) is 0.513. The molecule has 0 aliphatic rings. The van der Waals surface area contributed by atoms with Crippen molar-refractivity contribution >= 4 is 45.6 Å². The molecule has 1 heterocycles. The first-order valence-corrected chi connectivity index (χ1v) is 10.3. The van der Waals surface area contributed by atoms with Gasteiger partial charge in [0.15, 0.2) is 0 Å². The van der Waals surface area contributed by atoms with Gasteiger partial charge in [-0.25, -0.2) is 9.97 Å². The summed E-state index contributed by atoms with van der Waals surface area (Å²) in [5.41, 5.74) is 2.25. The van der Waals surface area contributed by atoms with Crippen molar-refractivity contribution in [3.8, 4) is 0 Å². The number of hydrogen-bond acceptors (Lipinski definition) is 5. The van der Waals surface area contributed by atoms with Crippen LogP contribution in [0.1, 0.15) is 26.7 Å². The molecule has 0 aliphatic carbocycles. The fraction of sp³-hybridized carbons (Fsp3) is 0.318. The van der Waals surface area contributed by atoms with Crippen molar-refractivity contribution in [2.45, 2.75) is 26.7 Å². The minimum Gasteiger partial charge on any atom is -0.340 e. The van der Waals surface area contributed by atoms with Gasteiger partial charge in [0.1, 0.15) is 12.1 Å². The third-order valence-corrected chi connectivity index (χ3v) is 4.81. The molecule has 2 aromatic carbocycles. The van der Waals surface area contributed by atoms with E-state index in [1.165, 1.54) is 6.33 Å².